The molecule has 0 aliphatic carbocycles. The summed E-state index contributed by atoms with van der Waals surface area (Å²) in [6, 6.07) is 11.9. The van der Waals surface area contributed by atoms with E-state index in [4.69, 9.17) is 4.74 Å². The fraction of sp³-hybridized carbons (Fsp3) is 0.300. The first-order valence-corrected chi connectivity index (χ1v) is 8.92. The van der Waals surface area contributed by atoms with E-state index in [9.17, 15) is 19.7 Å². The number of carbonyl (C=O) groups is 2. The fourth-order valence-corrected chi connectivity index (χ4v) is 3.15. The van der Waals surface area contributed by atoms with Crippen LogP contribution in [0.25, 0.3) is 0 Å². The van der Waals surface area contributed by atoms with E-state index in [-0.39, 0.29) is 29.6 Å². The Kier molecular flexibility index (Phi) is 5.58. The molecule has 28 heavy (non-hydrogen) atoms. The minimum Gasteiger partial charge on any atom is -0.497 e. The van der Waals surface area contributed by atoms with Crippen molar-refractivity contribution in [2.75, 3.05) is 23.9 Å². The smallest absolute Gasteiger partial charge is 0.294 e. The lowest BCUT2D eigenvalue weighted by Gasteiger charge is -2.15. The van der Waals surface area contributed by atoms with Crippen LogP contribution in [0.4, 0.5) is 17.1 Å². The predicted molar refractivity (Wildman–Crippen MR) is 105 cm³/mol. The Bertz CT molecular complexity index is 911. The summed E-state index contributed by atoms with van der Waals surface area (Å²) in [4.78, 5) is 36.2. The Morgan fingerprint density at radius 3 is 2.50 bits per heavy atom. The second kappa shape index (κ2) is 8.08. The molecule has 0 radical (unpaired) electrons. The molecule has 1 fully saturated rings. The van der Waals surface area contributed by atoms with Gasteiger partial charge in [0, 0.05) is 24.9 Å². The van der Waals surface area contributed by atoms with Gasteiger partial charge in [-0.1, -0.05) is 19.1 Å². The summed E-state index contributed by atoms with van der Waals surface area (Å²) < 4.78 is 5.12. The van der Waals surface area contributed by atoms with Gasteiger partial charge >= 0.3 is 0 Å². The van der Waals surface area contributed by atoms with Gasteiger partial charge in [-0.05, 0) is 36.2 Å². The maximum Gasteiger partial charge on any atom is 0.294 e. The van der Waals surface area contributed by atoms with Gasteiger partial charge in [0.2, 0.25) is 11.8 Å². The van der Waals surface area contributed by atoms with E-state index in [0.29, 0.717) is 18.7 Å². The number of nitrogens with zero attached hydrogens (tertiary/aromatic N) is 2. The van der Waals surface area contributed by atoms with Crippen LogP contribution in [0.2, 0.25) is 0 Å². The highest BCUT2D eigenvalue weighted by Gasteiger charge is 2.37. The van der Waals surface area contributed by atoms with Crippen LogP contribution in [0.15, 0.2) is 42.5 Å². The highest BCUT2D eigenvalue weighted by atomic mass is 16.6. The summed E-state index contributed by atoms with van der Waals surface area (Å²) in [6.07, 6.45) is 0.790. The van der Waals surface area contributed by atoms with Crippen molar-refractivity contribution in [1.29, 1.82) is 0 Å². The van der Waals surface area contributed by atoms with Crippen LogP contribution >= 0.6 is 0 Å². The first-order valence-electron chi connectivity index (χ1n) is 8.92. The molecule has 0 spiro atoms. The lowest BCUT2D eigenvalue weighted by molar-refractivity contribution is -0.383. The molecule has 1 atom stereocenters. The zero-order valence-electron chi connectivity index (χ0n) is 15.7. The largest absolute Gasteiger partial charge is 0.497 e. The summed E-state index contributed by atoms with van der Waals surface area (Å²) in [6.45, 7) is 2.16. The standard InChI is InChI=1S/C20H21N3O5/c1-13-11-19(24)22(20(13)25)15-5-8-17(18(12-15)23(26)27)21-10-9-14-3-6-16(28-2)7-4-14/h3-8,12-13,21H,9-11H2,1-2H3. The number of hydrogen-bond donors (Lipinski definition) is 1. The molecule has 2 aromatic rings. The Morgan fingerprint density at radius 2 is 1.93 bits per heavy atom. The van der Waals surface area contributed by atoms with E-state index < -0.39 is 10.8 Å². The summed E-state index contributed by atoms with van der Waals surface area (Å²) in [5, 5.41) is 14.5. The molecule has 1 N–H and O–H groups in total. The van der Waals surface area contributed by atoms with E-state index in [0.717, 1.165) is 16.2 Å². The van der Waals surface area contributed by atoms with Crippen LogP contribution in [0.1, 0.15) is 18.9 Å². The number of benzene rings is 2. The van der Waals surface area contributed by atoms with Gasteiger partial charge in [0.15, 0.2) is 0 Å². The molecule has 146 valence electrons. The van der Waals surface area contributed by atoms with Crippen molar-refractivity contribution in [3.8, 4) is 5.75 Å². The molecular formula is C20H21N3O5. The molecule has 2 aromatic carbocycles. The molecule has 8 heteroatoms. The van der Waals surface area contributed by atoms with E-state index >= 15 is 0 Å². The number of hydrogen-bond acceptors (Lipinski definition) is 6. The molecule has 1 saturated heterocycles. The minimum atomic E-state index is -0.520. The van der Waals surface area contributed by atoms with E-state index in [2.05, 4.69) is 5.32 Å². The van der Waals surface area contributed by atoms with Crippen molar-refractivity contribution in [2.45, 2.75) is 19.8 Å². The van der Waals surface area contributed by atoms with Crippen molar-refractivity contribution in [2.24, 2.45) is 5.92 Å². The SMILES string of the molecule is COc1ccc(CCNc2ccc(N3C(=O)CC(C)C3=O)cc2[N+](=O)[O-])cc1. The molecule has 3 rings (SSSR count). The third kappa shape index (κ3) is 3.95. The molecule has 0 saturated carbocycles. The summed E-state index contributed by atoms with van der Waals surface area (Å²) in [5.41, 5.74) is 1.46. The van der Waals surface area contributed by atoms with Crippen molar-refractivity contribution in [3.63, 3.8) is 0 Å². The molecule has 1 aliphatic heterocycles. The number of amides is 2. The van der Waals surface area contributed by atoms with Gasteiger partial charge < -0.3 is 10.1 Å². The maximum atomic E-state index is 12.2. The maximum absolute atomic E-state index is 12.2. The monoisotopic (exact) mass is 383 g/mol. The van der Waals surface area contributed by atoms with Crippen LogP contribution in [0.5, 0.6) is 5.75 Å². The lowest BCUT2D eigenvalue weighted by atomic mass is 10.1. The van der Waals surface area contributed by atoms with Crippen LogP contribution in [0, 0.1) is 16.0 Å². The van der Waals surface area contributed by atoms with E-state index in [1.165, 1.54) is 12.1 Å². The third-order valence-electron chi connectivity index (χ3n) is 4.70. The number of nitro groups is 1. The van der Waals surface area contributed by atoms with Crippen molar-refractivity contribution >= 4 is 28.9 Å². The highest BCUT2D eigenvalue weighted by molar-refractivity contribution is 6.21. The van der Waals surface area contributed by atoms with E-state index in [1.807, 2.05) is 24.3 Å². The number of ether oxygens (including phenoxy) is 1. The molecule has 8 nitrogen and oxygen atoms in total. The van der Waals surface area contributed by atoms with Crippen LogP contribution < -0.4 is 15.0 Å². The first-order chi connectivity index (χ1) is 13.4. The molecule has 1 unspecified atom stereocenters. The first kappa shape index (κ1) is 19.3. The molecule has 2 amide bonds. The second-order valence-electron chi connectivity index (χ2n) is 6.66. The number of anilines is 2. The highest BCUT2D eigenvalue weighted by Crippen LogP contribution is 2.33. The number of nitro benzene ring substituents is 1. The van der Waals surface area contributed by atoms with Crippen LogP contribution in [-0.2, 0) is 16.0 Å². The Hall–Kier alpha value is -3.42. The molecule has 1 aliphatic rings. The van der Waals surface area contributed by atoms with Gasteiger partial charge in [-0.25, -0.2) is 0 Å². The Morgan fingerprint density at radius 1 is 1.21 bits per heavy atom. The molecule has 0 bridgehead atoms. The topological polar surface area (TPSA) is 102 Å². The normalized spacial score (nSPS) is 16.4. The number of rotatable bonds is 7. The number of imide groups is 1. The van der Waals surface area contributed by atoms with Gasteiger partial charge in [-0.15, -0.1) is 0 Å². The Balaban J connectivity index is 1.73. The second-order valence-corrected chi connectivity index (χ2v) is 6.66. The zero-order valence-corrected chi connectivity index (χ0v) is 15.7. The number of nitrogens with one attached hydrogen (secondary N) is 1. The minimum absolute atomic E-state index is 0.120. The molecule has 1 heterocycles. The predicted octanol–water partition coefficient (Wildman–Crippen LogP) is 3.16. The van der Waals surface area contributed by atoms with E-state index in [1.54, 1.807) is 20.1 Å². The average Bonchev–Trinajstić information content (AvgIpc) is 2.94. The van der Waals surface area contributed by atoms with Crippen LogP contribution in [0.3, 0.4) is 0 Å². The summed E-state index contributed by atoms with van der Waals surface area (Å²) in [7, 11) is 1.60. The van der Waals surface area contributed by atoms with Gasteiger partial charge in [-0.2, -0.15) is 0 Å². The zero-order chi connectivity index (χ0) is 20.3. The average molecular weight is 383 g/mol. The number of carbonyl (C=O) groups excluding carboxylic acids is 2. The fourth-order valence-electron chi connectivity index (χ4n) is 3.15. The Labute approximate surface area is 162 Å². The van der Waals surface area contributed by atoms with Gasteiger partial charge in [0.1, 0.15) is 11.4 Å². The van der Waals surface area contributed by atoms with Crippen molar-refractivity contribution < 1.29 is 19.2 Å². The number of methoxy groups -OCH3 is 1. The molecule has 0 aromatic heterocycles. The van der Waals surface area contributed by atoms with Gasteiger partial charge in [0.05, 0.1) is 17.7 Å². The lowest BCUT2D eigenvalue weighted by Crippen LogP contribution is -2.30. The summed E-state index contributed by atoms with van der Waals surface area (Å²) >= 11 is 0. The third-order valence-corrected chi connectivity index (χ3v) is 4.70. The van der Waals surface area contributed by atoms with Gasteiger partial charge in [-0.3, -0.25) is 24.6 Å². The van der Waals surface area contributed by atoms with Crippen LogP contribution in [-0.4, -0.2) is 30.4 Å². The molecular weight excluding hydrogens is 362 g/mol. The van der Waals surface area contributed by atoms with Crippen molar-refractivity contribution in [1.82, 2.24) is 0 Å². The summed E-state index contributed by atoms with van der Waals surface area (Å²) in [5.74, 6) is -0.316. The van der Waals surface area contributed by atoms with Crippen molar-refractivity contribution in [3.05, 3.63) is 58.1 Å². The van der Waals surface area contributed by atoms with Gasteiger partial charge in [0.25, 0.3) is 5.69 Å². The quantitative estimate of drug-likeness (QED) is 0.448.